The first-order valence-corrected chi connectivity index (χ1v) is 11.2. The summed E-state index contributed by atoms with van der Waals surface area (Å²) in [5, 5.41) is 16.4. The number of benzene rings is 1. The minimum absolute atomic E-state index is 0.0754. The van der Waals surface area contributed by atoms with Crippen molar-refractivity contribution in [3.05, 3.63) is 41.4 Å². The monoisotopic (exact) mass is 448 g/mol. The Hall–Kier alpha value is -3.62. The summed E-state index contributed by atoms with van der Waals surface area (Å²) in [5.41, 5.74) is 2.41. The van der Waals surface area contributed by atoms with Crippen molar-refractivity contribution in [1.82, 2.24) is 10.6 Å². The van der Waals surface area contributed by atoms with Crippen molar-refractivity contribution in [3.63, 3.8) is 0 Å². The van der Waals surface area contributed by atoms with E-state index in [1.807, 2.05) is 26.0 Å². The molecule has 3 atom stereocenters. The molecule has 3 aliphatic heterocycles. The van der Waals surface area contributed by atoms with E-state index in [1.165, 1.54) is 0 Å². The molecule has 2 fully saturated rings. The zero-order valence-electron chi connectivity index (χ0n) is 18.9. The van der Waals surface area contributed by atoms with Gasteiger partial charge < -0.3 is 31.0 Å². The maximum atomic E-state index is 13.1. The number of amides is 2. The van der Waals surface area contributed by atoms with E-state index in [2.05, 4.69) is 25.8 Å². The Kier molecular flexibility index (Phi) is 4.99. The molecule has 4 aliphatic rings. The summed E-state index contributed by atoms with van der Waals surface area (Å²) in [5.74, 6) is 1.57. The summed E-state index contributed by atoms with van der Waals surface area (Å²) >= 11 is 0. The SMILES string of the molecule is CNC(=O)[C@H]1[C@@H]2CN(c3cc4c(cc3NC(=O)/C(C=N)=C3\N=CC=CN3)CC(C)(C)O4)C[C@@H]21. The quantitative estimate of drug-likeness (QED) is 0.405. The molecule has 9 nitrogen and oxygen atoms in total. The zero-order chi connectivity index (χ0) is 23.3. The summed E-state index contributed by atoms with van der Waals surface area (Å²) in [4.78, 5) is 31.6. The Balaban J connectivity index is 1.44. The van der Waals surface area contributed by atoms with Gasteiger partial charge in [0.1, 0.15) is 17.2 Å². The first kappa shape index (κ1) is 21.2. The largest absolute Gasteiger partial charge is 0.487 e. The second-order valence-corrected chi connectivity index (χ2v) is 9.53. The molecule has 33 heavy (non-hydrogen) atoms. The second-order valence-electron chi connectivity index (χ2n) is 9.53. The summed E-state index contributed by atoms with van der Waals surface area (Å²) in [6.07, 6.45) is 6.70. The number of rotatable bonds is 5. The smallest absolute Gasteiger partial charge is 0.261 e. The normalized spacial score (nSPS) is 27.1. The zero-order valence-corrected chi connectivity index (χ0v) is 18.9. The number of hydrogen-bond acceptors (Lipinski definition) is 7. The van der Waals surface area contributed by atoms with Crippen LogP contribution in [-0.4, -0.2) is 50.0 Å². The fourth-order valence-electron chi connectivity index (χ4n) is 5.18. The highest BCUT2D eigenvalue weighted by Crippen LogP contribution is 2.54. The number of allylic oxidation sites excluding steroid dienone is 1. The fraction of sp³-hybridized carbons (Fsp3) is 0.417. The number of carbonyl (C=O) groups is 2. The van der Waals surface area contributed by atoms with Crippen molar-refractivity contribution in [3.8, 4) is 5.75 Å². The predicted molar refractivity (Wildman–Crippen MR) is 127 cm³/mol. The third-order valence-corrected chi connectivity index (χ3v) is 6.76. The molecule has 1 aliphatic carbocycles. The second kappa shape index (κ2) is 7.75. The number of carbonyl (C=O) groups excluding carboxylic acids is 2. The van der Waals surface area contributed by atoms with E-state index in [-0.39, 0.29) is 23.0 Å². The minimum Gasteiger partial charge on any atom is -0.487 e. The van der Waals surface area contributed by atoms with Crippen LogP contribution >= 0.6 is 0 Å². The molecular formula is C24H28N6O3. The molecule has 0 aromatic heterocycles. The molecule has 0 bridgehead atoms. The van der Waals surface area contributed by atoms with Gasteiger partial charge >= 0.3 is 0 Å². The molecule has 2 amide bonds. The van der Waals surface area contributed by atoms with Gasteiger partial charge in [0, 0.05) is 62.7 Å². The van der Waals surface area contributed by atoms with Crippen LogP contribution in [-0.2, 0) is 16.0 Å². The van der Waals surface area contributed by atoms with Crippen LogP contribution in [0.5, 0.6) is 5.75 Å². The lowest BCUT2D eigenvalue weighted by molar-refractivity contribution is -0.122. The number of aliphatic imine (C=N–C) groups is 1. The first-order valence-electron chi connectivity index (χ1n) is 11.2. The molecule has 1 aromatic rings. The maximum absolute atomic E-state index is 13.1. The van der Waals surface area contributed by atoms with Crippen molar-refractivity contribution in [1.29, 1.82) is 5.41 Å². The van der Waals surface area contributed by atoms with E-state index in [0.29, 0.717) is 23.3 Å². The molecule has 0 spiro atoms. The Morgan fingerprint density at radius 2 is 2.06 bits per heavy atom. The van der Waals surface area contributed by atoms with Gasteiger partial charge in [-0.2, -0.15) is 0 Å². The van der Waals surface area contributed by atoms with Crippen molar-refractivity contribution in [2.24, 2.45) is 22.7 Å². The predicted octanol–water partition coefficient (Wildman–Crippen LogP) is 1.82. The number of nitrogens with zero attached hydrogens (tertiary/aromatic N) is 2. The van der Waals surface area contributed by atoms with E-state index in [0.717, 1.165) is 42.7 Å². The Morgan fingerprint density at radius 1 is 1.30 bits per heavy atom. The van der Waals surface area contributed by atoms with E-state index in [9.17, 15) is 9.59 Å². The van der Waals surface area contributed by atoms with Crippen LogP contribution in [0.25, 0.3) is 0 Å². The van der Waals surface area contributed by atoms with Crippen LogP contribution in [0.1, 0.15) is 19.4 Å². The van der Waals surface area contributed by atoms with Crippen LogP contribution in [0, 0.1) is 23.2 Å². The maximum Gasteiger partial charge on any atom is 0.261 e. The lowest BCUT2D eigenvalue weighted by Crippen LogP contribution is -2.31. The van der Waals surface area contributed by atoms with Gasteiger partial charge in [-0.3, -0.25) is 9.59 Å². The molecular weight excluding hydrogens is 420 g/mol. The van der Waals surface area contributed by atoms with Gasteiger partial charge in [0.15, 0.2) is 0 Å². The molecule has 9 heteroatoms. The van der Waals surface area contributed by atoms with Crippen LogP contribution in [0.3, 0.4) is 0 Å². The Morgan fingerprint density at radius 3 is 2.70 bits per heavy atom. The summed E-state index contributed by atoms with van der Waals surface area (Å²) in [6, 6.07) is 3.97. The van der Waals surface area contributed by atoms with Gasteiger partial charge in [-0.15, -0.1) is 0 Å². The molecule has 1 saturated heterocycles. The number of anilines is 2. The highest BCUT2D eigenvalue weighted by molar-refractivity contribution is 6.18. The van der Waals surface area contributed by atoms with Crippen molar-refractivity contribution >= 4 is 35.6 Å². The number of piperidine rings is 1. The highest BCUT2D eigenvalue weighted by atomic mass is 16.5. The third kappa shape index (κ3) is 3.77. The number of ether oxygens (including phenoxy) is 1. The topological polar surface area (TPSA) is 119 Å². The van der Waals surface area contributed by atoms with E-state index < -0.39 is 5.91 Å². The van der Waals surface area contributed by atoms with Gasteiger partial charge in [-0.25, -0.2) is 4.99 Å². The molecule has 1 saturated carbocycles. The average Bonchev–Trinajstić information content (AvgIpc) is 3.12. The average molecular weight is 449 g/mol. The lowest BCUT2D eigenvalue weighted by atomic mass is 10.0. The molecule has 172 valence electrons. The van der Waals surface area contributed by atoms with Crippen LogP contribution in [0.4, 0.5) is 11.4 Å². The van der Waals surface area contributed by atoms with Gasteiger partial charge in [0.05, 0.1) is 16.9 Å². The van der Waals surface area contributed by atoms with E-state index in [4.69, 9.17) is 10.1 Å². The summed E-state index contributed by atoms with van der Waals surface area (Å²) < 4.78 is 6.15. The molecule has 0 unspecified atom stereocenters. The Bertz CT molecular complexity index is 1120. The number of fused-ring (bicyclic) bond motifs is 2. The number of nitrogens with one attached hydrogen (secondary N) is 4. The molecule has 4 N–H and O–H groups in total. The minimum atomic E-state index is -0.410. The third-order valence-electron chi connectivity index (χ3n) is 6.76. The van der Waals surface area contributed by atoms with Gasteiger partial charge in [-0.1, -0.05) is 0 Å². The summed E-state index contributed by atoms with van der Waals surface area (Å²) in [7, 11) is 1.68. The molecule has 0 radical (unpaired) electrons. The van der Waals surface area contributed by atoms with Crippen molar-refractivity contribution < 1.29 is 14.3 Å². The van der Waals surface area contributed by atoms with Crippen molar-refractivity contribution in [2.75, 3.05) is 30.4 Å². The van der Waals surface area contributed by atoms with Gasteiger partial charge in [0.25, 0.3) is 5.91 Å². The van der Waals surface area contributed by atoms with Crippen LogP contribution < -0.4 is 25.6 Å². The van der Waals surface area contributed by atoms with E-state index >= 15 is 0 Å². The molecule has 5 rings (SSSR count). The van der Waals surface area contributed by atoms with Crippen molar-refractivity contribution in [2.45, 2.75) is 25.9 Å². The fourth-order valence-corrected chi connectivity index (χ4v) is 5.18. The van der Waals surface area contributed by atoms with Gasteiger partial charge in [0.2, 0.25) is 5.91 Å². The molecule has 3 heterocycles. The van der Waals surface area contributed by atoms with E-state index in [1.54, 1.807) is 25.5 Å². The van der Waals surface area contributed by atoms with Crippen LogP contribution in [0.2, 0.25) is 0 Å². The van der Waals surface area contributed by atoms with Crippen LogP contribution in [0.15, 0.2) is 40.8 Å². The first-order chi connectivity index (χ1) is 15.8. The standard InChI is InChI=1S/C24H28N6O3/c1-24(2)9-13-7-17(29-22(31)14(10-25)21-27-5-4-6-28-21)18(8-19(13)33-24)30-11-15-16(12-30)20(15)23(32)26-3/h4-8,10,15-16,20,25,27H,9,11-12H2,1-3H3,(H,26,32)(H,29,31)/b21-14-,25-10?/t15-,16+,20+. The molecule has 1 aromatic carbocycles. The number of hydrogen-bond donors (Lipinski definition) is 4. The Labute approximate surface area is 192 Å². The summed E-state index contributed by atoms with van der Waals surface area (Å²) in [6.45, 7) is 5.59. The highest BCUT2D eigenvalue weighted by Gasteiger charge is 2.59. The lowest BCUT2D eigenvalue weighted by Gasteiger charge is -2.26. The van der Waals surface area contributed by atoms with Gasteiger partial charge in [-0.05, 0) is 37.8 Å².